The van der Waals surface area contributed by atoms with Crippen LogP contribution in [0.15, 0.2) is 16.6 Å². The number of ketones is 1. The zero-order chi connectivity index (χ0) is 12.1. The van der Waals surface area contributed by atoms with Crippen molar-refractivity contribution in [2.75, 3.05) is 13.7 Å². The molecule has 0 heterocycles. The van der Waals surface area contributed by atoms with Gasteiger partial charge in [-0.15, -0.1) is 0 Å². The van der Waals surface area contributed by atoms with Gasteiger partial charge in [-0.25, -0.2) is 0 Å². The Balaban J connectivity index is 3.24. The SMILES string of the molecule is CCOc1cc(OC)c(Br)cc1C(=O)CC. The third kappa shape index (κ3) is 2.76. The lowest BCUT2D eigenvalue weighted by Crippen LogP contribution is -2.03. The highest BCUT2D eigenvalue weighted by Crippen LogP contribution is 2.33. The molecule has 0 saturated heterocycles. The second kappa shape index (κ2) is 5.89. The van der Waals surface area contributed by atoms with Gasteiger partial charge in [0.25, 0.3) is 0 Å². The molecule has 0 aromatic heterocycles. The average Bonchev–Trinajstić information content (AvgIpc) is 2.30. The van der Waals surface area contributed by atoms with Crippen LogP contribution in [0.1, 0.15) is 30.6 Å². The van der Waals surface area contributed by atoms with Gasteiger partial charge in [0.1, 0.15) is 11.5 Å². The Morgan fingerprint density at radius 3 is 2.50 bits per heavy atom. The second-order valence-corrected chi connectivity index (χ2v) is 4.05. The summed E-state index contributed by atoms with van der Waals surface area (Å²) in [5.74, 6) is 1.30. The fraction of sp³-hybridized carbons (Fsp3) is 0.417. The smallest absolute Gasteiger partial charge is 0.166 e. The number of carbonyl (C=O) groups excluding carboxylic acids is 1. The maximum atomic E-state index is 11.7. The Morgan fingerprint density at radius 1 is 1.31 bits per heavy atom. The van der Waals surface area contributed by atoms with Gasteiger partial charge >= 0.3 is 0 Å². The normalized spacial score (nSPS) is 10.0. The fourth-order valence-electron chi connectivity index (χ4n) is 1.37. The molecule has 4 heteroatoms. The number of ether oxygens (including phenoxy) is 2. The van der Waals surface area contributed by atoms with Crippen LogP contribution in [0.5, 0.6) is 11.5 Å². The number of benzene rings is 1. The third-order valence-corrected chi connectivity index (χ3v) is 2.80. The summed E-state index contributed by atoms with van der Waals surface area (Å²) >= 11 is 3.36. The van der Waals surface area contributed by atoms with Crippen molar-refractivity contribution in [3.05, 3.63) is 22.2 Å². The number of hydrogen-bond donors (Lipinski definition) is 0. The van der Waals surface area contributed by atoms with Crippen molar-refractivity contribution in [3.63, 3.8) is 0 Å². The molecule has 0 spiro atoms. The van der Waals surface area contributed by atoms with Gasteiger partial charge in [0.15, 0.2) is 5.78 Å². The van der Waals surface area contributed by atoms with Crippen molar-refractivity contribution in [3.8, 4) is 11.5 Å². The minimum atomic E-state index is 0.0619. The molecule has 1 aromatic rings. The largest absolute Gasteiger partial charge is 0.495 e. The molecule has 0 aliphatic rings. The molecule has 16 heavy (non-hydrogen) atoms. The zero-order valence-electron chi connectivity index (χ0n) is 9.67. The molecule has 0 aliphatic heterocycles. The van der Waals surface area contributed by atoms with Crippen molar-refractivity contribution >= 4 is 21.7 Å². The number of hydrogen-bond acceptors (Lipinski definition) is 3. The summed E-state index contributed by atoms with van der Waals surface area (Å²) in [6.07, 6.45) is 0.457. The first-order chi connectivity index (χ1) is 7.63. The first-order valence-corrected chi connectivity index (χ1v) is 5.96. The van der Waals surface area contributed by atoms with E-state index in [-0.39, 0.29) is 5.78 Å². The highest BCUT2D eigenvalue weighted by molar-refractivity contribution is 9.10. The molecule has 0 saturated carbocycles. The van der Waals surface area contributed by atoms with E-state index in [2.05, 4.69) is 15.9 Å². The summed E-state index contributed by atoms with van der Waals surface area (Å²) in [6, 6.07) is 3.48. The van der Waals surface area contributed by atoms with Crippen LogP contribution in [-0.4, -0.2) is 19.5 Å². The predicted molar refractivity (Wildman–Crippen MR) is 66.5 cm³/mol. The van der Waals surface area contributed by atoms with Gasteiger partial charge in [-0.3, -0.25) is 4.79 Å². The van der Waals surface area contributed by atoms with Gasteiger partial charge in [-0.1, -0.05) is 6.92 Å². The van der Waals surface area contributed by atoms with Crippen LogP contribution in [0.2, 0.25) is 0 Å². The molecule has 0 fully saturated rings. The van der Waals surface area contributed by atoms with E-state index < -0.39 is 0 Å². The molecule has 0 unspecified atom stereocenters. The Kier molecular flexibility index (Phi) is 4.80. The first kappa shape index (κ1) is 13.0. The molecule has 0 N–H and O–H groups in total. The van der Waals surface area contributed by atoms with Crippen LogP contribution in [0.3, 0.4) is 0 Å². The van der Waals surface area contributed by atoms with Crippen molar-refractivity contribution < 1.29 is 14.3 Å². The lowest BCUT2D eigenvalue weighted by molar-refractivity contribution is 0.0984. The van der Waals surface area contributed by atoms with Gasteiger partial charge in [-0.2, -0.15) is 0 Å². The van der Waals surface area contributed by atoms with Crippen LogP contribution in [0, 0.1) is 0 Å². The summed E-state index contributed by atoms with van der Waals surface area (Å²) in [5.41, 5.74) is 0.594. The van der Waals surface area contributed by atoms with Crippen molar-refractivity contribution in [1.82, 2.24) is 0 Å². The lowest BCUT2D eigenvalue weighted by Gasteiger charge is -2.12. The number of methoxy groups -OCH3 is 1. The van der Waals surface area contributed by atoms with E-state index in [1.165, 1.54) is 0 Å². The molecule has 0 amide bonds. The molecule has 3 nitrogen and oxygen atoms in total. The molecule has 1 aromatic carbocycles. The van der Waals surface area contributed by atoms with Crippen molar-refractivity contribution in [1.29, 1.82) is 0 Å². The Labute approximate surface area is 104 Å². The second-order valence-electron chi connectivity index (χ2n) is 3.19. The van der Waals surface area contributed by atoms with Gasteiger partial charge < -0.3 is 9.47 Å². The summed E-state index contributed by atoms with van der Waals surface area (Å²) in [5, 5.41) is 0. The molecule has 88 valence electrons. The molecule has 0 atom stereocenters. The Hall–Kier alpha value is -1.03. The summed E-state index contributed by atoms with van der Waals surface area (Å²) in [7, 11) is 1.58. The number of carbonyl (C=O) groups is 1. The van der Waals surface area contributed by atoms with Crippen LogP contribution >= 0.6 is 15.9 Å². The van der Waals surface area contributed by atoms with Crippen LogP contribution in [-0.2, 0) is 0 Å². The van der Waals surface area contributed by atoms with Crippen LogP contribution < -0.4 is 9.47 Å². The van der Waals surface area contributed by atoms with E-state index in [1.807, 2.05) is 13.8 Å². The highest BCUT2D eigenvalue weighted by atomic mass is 79.9. The standard InChI is InChI=1S/C12H15BrO3/c1-4-10(14)8-6-9(13)12(15-3)7-11(8)16-5-2/h6-7H,4-5H2,1-3H3. The van der Waals surface area contributed by atoms with Crippen LogP contribution in [0.4, 0.5) is 0 Å². The van der Waals surface area contributed by atoms with E-state index in [0.29, 0.717) is 30.1 Å². The quantitative estimate of drug-likeness (QED) is 0.778. The van der Waals surface area contributed by atoms with Crippen molar-refractivity contribution in [2.45, 2.75) is 20.3 Å². The Bertz CT molecular complexity index is 388. The van der Waals surface area contributed by atoms with E-state index in [1.54, 1.807) is 19.2 Å². The zero-order valence-corrected chi connectivity index (χ0v) is 11.3. The van der Waals surface area contributed by atoms with E-state index >= 15 is 0 Å². The average molecular weight is 287 g/mol. The maximum Gasteiger partial charge on any atom is 0.166 e. The number of halogens is 1. The highest BCUT2D eigenvalue weighted by Gasteiger charge is 2.14. The lowest BCUT2D eigenvalue weighted by atomic mass is 10.1. The molecule has 0 aliphatic carbocycles. The molecule has 0 bridgehead atoms. The summed E-state index contributed by atoms with van der Waals surface area (Å²) < 4.78 is 11.4. The fourth-order valence-corrected chi connectivity index (χ4v) is 1.88. The molecule has 1 rings (SSSR count). The van der Waals surface area contributed by atoms with Gasteiger partial charge in [0, 0.05) is 12.5 Å². The topological polar surface area (TPSA) is 35.5 Å². The number of Topliss-reactive ketones (excluding diaryl/α,β-unsaturated/α-hetero) is 1. The summed E-state index contributed by atoms with van der Waals surface area (Å²) in [4.78, 5) is 11.7. The Morgan fingerprint density at radius 2 is 2.00 bits per heavy atom. The predicted octanol–water partition coefficient (Wildman–Crippen LogP) is 3.45. The van der Waals surface area contributed by atoms with Gasteiger partial charge in [0.05, 0.1) is 23.8 Å². The maximum absolute atomic E-state index is 11.7. The minimum Gasteiger partial charge on any atom is -0.495 e. The van der Waals surface area contributed by atoms with Crippen molar-refractivity contribution in [2.24, 2.45) is 0 Å². The third-order valence-electron chi connectivity index (χ3n) is 2.18. The first-order valence-electron chi connectivity index (χ1n) is 5.17. The van der Waals surface area contributed by atoms with E-state index in [9.17, 15) is 4.79 Å². The molecular formula is C12H15BrO3. The van der Waals surface area contributed by atoms with Gasteiger partial charge in [-0.05, 0) is 28.9 Å². The summed E-state index contributed by atoms with van der Waals surface area (Å²) in [6.45, 7) is 4.24. The van der Waals surface area contributed by atoms with E-state index in [0.717, 1.165) is 4.47 Å². The molecular weight excluding hydrogens is 272 g/mol. The number of rotatable bonds is 5. The van der Waals surface area contributed by atoms with E-state index in [4.69, 9.17) is 9.47 Å². The monoisotopic (exact) mass is 286 g/mol. The van der Waals surface area contributed by atoms with Gasteiger partial charge in [0.2, 0.25) is 0 Å². The molecule has 0 radical (unpaired) electrons. The minimum absolute atomic E-state index is 0.0619. The van der Waals surface area contributed by atoms with Crippen LogP contribution in [0.25, 0.3) is 0 Å².